The summed E-state index contributed by atoms with van der Waals surface area (Å²) >= 11 is 0. The summed E-state index contributed by atoms with van der Waals surface area (Å²) in [7, 11) is 0. The van der Waals surface area contributed by atoms with E-state index in [0.717, 1.165) is 24.3 Å². The molecule has 166 valence electrons. The predicted molar refractivity (Wildman–Crippen MR) is 108 cm³/mol. The SMILES string of the molecule is NC(=O)c1nc(-c2ccc(CC(=O)O)cc2)[nH]c1NC(=O)Nc1ccc(C(F)(F)F)cc1. The van der Waals surface area contributed by atoms with Gasteiger partial charge >= 0.3 is 18.2 Å². The molecule has 2 aromatic carbocycles. The predicted octanol–water partition coefficient (Wildman–Crippen LogP) is 3.47. The van der Waals surface area contributed by atoms with E-state index in [9.17, 15) is 27.6 Å². The van der Waals surface area contributed by atoms with Gasteiger partial charge in [-0.25, -0.2) is 9.78 Å². The summed E-state index contributed by atoms with van der Waals surface area (Å²) in [6.45, 7) is 0. The van der Waals surface area contributed by atoms with Crippen molar-refractivity contribution in [3.63, 3.8) is 0 Å². The number of alkyl halides is 3. The third-order valence-electron chi connectivity index (χ3n) is 4.23. The maximum Gasteiger partial charge on any atom is 0.416 e. The number of anilines is 2. The Bertz CT molecular complexity index is 1160. The average molecular weight is 447 g/mol. The average Bonchev–Trinajstić information content (AvgIpc) is 3.11. The normalized spacial score (nSPS) is 11.1. The number of primary amides is 1. The number of nitrogens with zero attached hydrogens (tertiary/aromatic N) is 1. The fraction of sp³-hybridized carbons (Fsp3) is 0.100. The third-order valence-corrected chi connectivity index (χ3v) is 4.23. The van der Waals surface area contributed by atoms with Gasteiger partial charge in [-0.3, -0.25) is 14.9 Å². The first-order valence-corrected chi connectivity index (χ1v) is 8.99. The van der Waals surface area contributed by atoms with E-state index < -0.39 is 29.6 Å². The monoisotopic (exact) mass is 447 g/mol. The smallest absolute Gasteiger partial charge is 0.416 e. The molecule has 9 nitrogen and oxygen atoms in total. The van der Waals surface area contributed by atoms with Crippen molar-refractivity contribution >= 4 is 29.4 Å². The Hall–Kier alpha value is -4.35. The van der Waals surface area contributed by atoms with Crippen LogP contribution in [-0.4, -0.2) is 33.0 Å². The topological polar surface area (TPSA) is 150 Å². The molecule has 12 heteroatoms. The van der Waals surface area contributed by atoms with Crippen molar-refractivity contribution in [1.82, 2.24) is 9.97 Å². The molecular formula is C20H16F3N5O4. The lowest BCUT2D eigenvalue weighted by atomic mass is 10.1. The van der Waals surface area contributed by atoms with Crippen LogP contribution in [0.2, 0.25) is 0 Å². The Balaban J connectivity index is 1.76. The Morgan fingerprint density at radius 3 is 2.16 bits per heavy atom. The number of benzene rings is 2. The van der Waals surface area contributed by atoms with Gasteiger partial charge in [-0.1, -0.05) is 24.3 Å². The summed E-state index contributed by atoms with van der Waals surface area (Å²) in [5.74, 6) is -1.85. The lowest BCUT2D eigenvalue weighted by Crippen LogP contribution is -2.22. The Morgan fingerprint density at radius 2 is 1.62 bits per heavy atom. The molecule has 0 bridgehead atoms. The molecule has 1 heterocycles. The van der Waals surface area contributed by atoms with Gasteiger partial charge in [0.15, 0.2) is 5.69 Å². The van der Waals surface area contributed by atoms with Gasteiger partial charge in [-0.15, -0.1) is 0 Å². The molecule has 0 unspecified atom stereocenters. The first-order valence-electron chi connectivity index (χ1n) is 8.99. The molecule has 3 rings (SSSR count). The highest BCUT2D eigenvalue weighted by Crippen LogP contribution is 2.30. The number of hydrogen-bond donors (Lipinski definition) is 5. The number of imidazole rings is 1. The zero-order valence-electron chi connectivity index (χ0n) is 16.2. The lowest BCUT2D eigenvalue weighted by Gasteiger charge is -2.09. The molecule has 0 radical (unpaired) electrons. The van der Waals surface area contributed by atoms with E-state index >= 15 is 0 Å². The number of carboxylic acids is 1. The van der Waals surface area contributed by atoms with Gasteiger partial charge in [0, 0.05) is 11.3 Å². The van der Waals surface area contributed by atoms with Gasteiger partial charge in [0.1, 0.15) is 11.6 Å². The highest BCUT2D eigenvalue weighted by molar-refractivity contribution is 6.04. The number of aliphatic carboxylic acids is 1. The zero-order chi connectivity index (χ0) is 23.5. The molecule has 0 aliphatic heterocycles. The van der Waals surface area contributed by atoms with Crippen molar-refractivity contribution in [1.29, 1.82) is 0 Å². The number of hydrogen-bond acceptors (Lipinski definition) is 4. The van der Waals surface area contributed by atoms with E-state index in [1.165, 1.54) is 0 Å². The molecule has 0 spiro atoms. The van der Waals surface area contributed by atoms with Crippen LogP contribution in [0.4, 0.5) is 29.5 Å². The number of nitrogens with two attached hydrogens (primary N) is 1. The van der Waals surface area contributed by atoms with E-state index in [4.69, 9.17) is 10.8 Å². The van der Waals surface area contributed by atoms with Crippen LogP contribution in [0.1, 0.15) is 21.6 Å². The summed E-state index contributed by atoms with van der Waals surface area (Å²) in [6.07, 6.45) is -4.67. The van der Waals surface area contributed by atoms with Crippen molar-refractivity contribution in [3.05, 3.63) is 65.4 Å². The second kappa shape index (κ2) is 8.79. The fourth-order valence-electron chi connectivity index (χ4n) is 2.75. The first-order chi connectivity index (χ1) is 15.0. The molecule has 3 amide bonds. The Kier molecular flexibility index (Phi) is 6.14. The number of rotatable bonds is 6. The molecule has 6 N–H and O–H groups in total. The van der Waals surface area contributed by atoms with Crippen LogP contribution in [0.3, 0.4) is 0 Å². The molecule has 0 saturated heterocycles. The number of carbonyl (C=O) groups excluding carboxylic acids is 2. The number of carbonyl (C=O) groups is 3. The van der Waals surface area contributed by atoms with Gasteiger partial charge < -0.3 is 21.1 Å². The maximum absolute atomic E-state index is 12.6. The quantitative estimate of drug-likeness (QED) is 0.392. The molecular weight excluding hydrogens is 431 g/mol. The van der Waals surface area contributed by atoms with Gasteiger partial charge in [0.25, 0.3) is 5.91 Å². The Labute approximate surface area is 178 Å². The van der Waals surface area contributed by atoms with Crippen molar-refractivity contribution in [2.45, 2.75) is 12.6 Å². The molecule has 0 aliphatic rings. The van der Waals surface area contributed by atoms with Gasteiger partial charge in [-0.05, 0) is 29.8 Å². The number of amides is 3. The van der Waals surface area contributed by atoms with Crippen LogP contribution in [0.15, 0.2) is 48.5 Å². The van der Waals surface area contributed by atoms with Crippen molar-refractivity contribution in [2.75, 3.05) is 10.6 Å². The van der Waals surface area contributed by atoms with E-state index in [1.54, 1.807) is 24.3 Å². The molecule has 3 aromatic rings. The van der Waals surface area contributed by atoms with E-state index in [2.05, 4.69) is 20.6 Å². The van der Waals surface area contributed by atoms with Gasteiger partial charge in [-0.2, -0.15) is 13.2 Å². The van der Waals surface area contributed by atoms with Crippen LogP contribution >= 0.6 is 0 Å². The number of halogens is 3. The van der Waals surface area contributed by atoms with Gasteiger partial charge in [0.2, 0.25) is 0 Å². The van der Waals surface area contributed by atoms with E-state index in [1.807, 2.05) is 0 Å². The fourth-order valence-corrected chi connectivity index (χ4v) is 2.75. The summed E-state index contributed by atoms with van der Waals surface area (Å²) in [5.41, 5.74) is 5.31. The number of nitrogens with one attached hydrogen (secondary N) is 3. The van der Waals surface area contributed by atoms with Crippen molar-refractivity contribution in [3.8, 4) is 11.4 Å². The number of aromatic amines is 1. The lowest BCUT2D eigenvalue weighted by molar-refractivity contribution is -0.138. The molecule has 0 fully saturated rings. The number of carboxylic acid groups (broad SMARTS) is 1. The van der Waals surface area contributed by atoms with Crippen LogP contribution in [0, 0.1) is 0 Å². The highest BCUT2D eigenvalue weighted by atomic mass is 19.4. The number of aromatic nitrogens is 2. The minimum Gasteiger partial charge on any atom is -0.481 e. The maximum atomic E-state index is 12.6. The molecule has 32 heavy (non-hydrogen) atoms. The largest absolute Gasteiger partial charge is 0.481 e. The second-order valence-corrected chi connectivity index (χ2v) is 6.59. The molecule has 0 atom stereocenters. The molecule has 0 aliphatic carbocycles. The molecule has 1 aromatic heterocycles. The first kappa shape index (κ1) is 22.3. The van der Waals surface area contributed by atoms with E-state index in [0.29, 0.717) is 11.1 Å². The zero-order valence-corrected chi connectivity index (χ0v) is 16.2. The van der Waals surface area contributed by atoms with Crippen molar-refractivity contribution < 1.29 is 32.7 Å². The summed E-state index contributed by atoms with van der Waals surface area (Å²) in [5, 5.41) is 13.5. The third kappa shape index (κ3) is 5.41. The van der Waals surface area contributed by atoms with Crippen LogP contribution < -0.4 is 16.4 Å². The minimum atomic E-state index is -4.50. The minimum absolute atomic E-state index is 0.0879. The van der Waals surface area contributed by atoms with Crippen molar-refractivity contribution in [2.24, 2.45) is 5.73 Å². The number of urea groups is 1. The summed E-state index contributed by atoms with van der Waals surface area (Å²) in [6, 6.07) is 9.23. The standard InChI is InChI=1S/C20H16F3N5O4/c21-20(22,23)12-5-7-13(8-6-12)25-19(32)28-18-15(16(24)31)26-17(27-18)11-3-1-10(2-4-11)9-14(29)30/h1-8H,9H2,(H2,24,31)(H,26,27)(H,29,30)(H2,25,28,32). The van der Waals surface area contributed by atoms with Gasteiger partial charge in [0.05, 0.1) is 12.0 Å². The van der Waals surface area contributed by atoms with Crippen LogP contribution in [0.25, 0.3) is 11.4 Å². The van der Waals surface area contributed by atoms with Crippen LogP contribution in [0.5, 0.6) is 0 Å². The van der Waals surface area contributed by atoms with Crippen LogP contribution in [-0.2, 0) is 17.4 Å². The Morgan fingerprint density at radius 1 is 1.00 bits per heavy atom. The summed E-state index contributed by atoms with van der Waals surface area (Å²) in [4.78, 5) is 41.5. The number of H-pyrrole nitrogens is 1. The summed E-state index contributed by atoms with van der Waals surface area (Å²) < 4.78 is 37.9. The van der Waals surface area contributed by atoms with E-state index in [-0.39, 0.29) is 29.4 Å². The highest BCUT2D eigenvalue weighted by Gasteiger charge is 2.30. The second-order valence-electron chi connectivity index (χ2n) is 6.59. The molecule has 0 saturated carbocycles.